The predicted octanol–water partition coefficient (Wildman–Crippen LogP) is 3.02. The van der Waals surface area contributed by atoms with Gasteiger partial charge >= 0.3 is 5.97 Å². The molecule has 9 heteroatoms. The van der Waals surface area contributed by atoms with Gasteiger partial charge in [0.2, 0.25) is 10.0 Å². The number of benzene rings is 1. The highest BCUT2D eigenvalue weighted by atomic mass is 32.2. The van der Waals surface area contributed by atoms with Gasteiger partial charge in [0.25, 0.3) is 0 Å². The average Bonchev–Trinajstić information content (AvgIpc) is 2.90. The Morgan fingerprint density at radius 3 is 2.37 bits per heavy atom. The van der Waals surface area contributed by atoms with Gasteiger partial charge in [-0.1, -0.05) is 6.08 Å². The van der Waals surface area contributed by atoms with Crippen molar-refractivity contribution in [2.75, 3.05) is 19.7 Å². The fourth-order valence-corrected chi connectivity index (χ4v) is 4.63. The Labute approximate surface area is 175 Å². The summed E-state index contributed by atoms with van der Waals surface area (Å²) in [6.45, 7) is 8.16. The topological polar surface area (TPSA) is 85.7 Å². The van der Waals surface area contributed by atoms with Gasteiger partial charge in [-0.25, -0.2) is 17.6 Å². The lowest BCUT2D eigenvalue weighted by atomic mass is 10.1. The minimum atomic E-state index is -4.06. The zero-order chi connectivity index (χ0) is 22.6. The number of carbonyl (C=O) groups excluding carboxylic acids is 2. The number of esters is 1. The smallest absolute Gasteiger partial charge is 0.355 e. The monoisotopic (exact) mass is 436 g/mol. The summed E-state index contributed by atoms with van der Waals surface area (Å²) in [4.78, 5) is 25.2. The Morgan fingerprint density at radius 2 is 1.83 bits per heavy atom. The van der Waals surface area contributed by atoms with Crippen LogP contribution in [0.1, 0.15) is 39.0 Å². The molecule has 0 radical (unpaired) electrons. The van der Waals surface area contributed by atoms with Gasteiger partial charge in [-0.3, -0.25) is 4.79 Å². The maximum absolute atomic E-state index is 13.2. The molecule has 0 spiro atoms. The summed E-state index contributed by atoms with van der Waals surface area (Å²) < 4.78 is 46.7. The van der Waals surface area contributed by atoms with Crippen molar-refractivity contribution < 1.29 is 27.1 Å². The van der Waals surface area contributed by atoms with Crippen molar-refractivity contribution in [2.45, 2.75) is 25.7 Å². The number of sulfonamides is 1. The predicted molar refractivity (Wildman–Crippen MR) is 111 cm³/mol. The molecule has 2 aromatic rings. The Balaban J connectivity index is 2.43. The molecule has 162 valence electrons. The van der Waals surface area contributed by atoms with Crippen LogP contribution >= 0.6 is 0 Å². The zero-order valence-electron chi connectivity index (χ0n) is 17.4. The van der Waals surface area contributed by atoms with Crippen LogP contribution in [0.2, 0.25) is 0 Å². The molecule has 7 nitrogen and oxygen atoms in total. The number of nitrogens with zero attached hydrogens (tertiary/aromatic N) is 2. The molecule has 0 fully saturated rings. The molecular formula is C21H25FN2O5S. The third-order valence-corrected chi connectivity index (χ3v) is 6.61. The first kappa shape index (κ1) is 23.5. The van der Waals surface area contributed by atoms with E-state index >= 15 is 0 Å². The molecule has 0 unspecified atom stereocenters. The van der Waals surface area contributed by atoms with Crippen LogP contribution in [0.3, 0.4) is 0 Å². The molecule has 0 aliphatic carbocycles. The quantitative estimate of drug-likeness (QED) is 0.343. The highest BCUT2D eigenvalue weighted by Crippen LogP contribution is 2.24. The second-order valence-electron chi connectivity index (χ2n) is 6.68. The van der Waals surface area contributed by atoms with E-state index in [0.717, 1.165) is 28.6 Å². The second kappa shape index (κ2) is 9.36. The van der Waals surface area contributed by atoms with E-state index in [9.17, 15) is 22.4 Å². The number of aromatic nitrogens is 1. The molecule has 1 aromatic heterocycles. The Hall–Kier alpha value is -2.78. The third kappa shape index (κ3) is 4.52. The summed E-state index contributed by atoms with van der Waals surface area (Å²) in [6.07, 6.45) is 1.36. The van der Waals surface area contributed by atoms with Gasteiger partial charge in [0.15, 0.2) is 5.78 Å². The van der Waals surface area contributed by atoms with Crippen molar-refractivity contribution in [1.29, 1.82) is 0 Å². The molecule has 30 heavy (non-hydrogen) atoms. The van der Waals surface area contributed by atoms with Crippen molar-refractivity contribution in [2.24, 2.45) is 7.05 Å². The van der Waals surface area contributed by atoms with E-state index in [1.807, 2.05) is 0 Å². The first-order valence-corrected chi connectivity index (χ1v) is 10.7. The van der Waals surface area contributed by atoms with Gasteiger partial charge in [-0.05, 0) is 50.6 Å². The number of rotatable bonds is 9. The highest BCUT2D eigenvalue weighted by Gasteiger charge is 2.30. The maximum Gasteiger partial charge on any atom is 0.355 e. The summed E-state index contributed by atoms with van der Waals surface area (Å²) in [5.41, 5.74) is 1.47. The fourth-order valence-electron chi connectivity index (χ4n) is 3.26. The SMILES string of the molecule is C=CCN(CC(=O)c1c(C)c(C(=O)OCC)n(C)c1C)S(=O)(=O)c1ccc(F)cc1. The largest absolute Gasteiger partial charge is 0.461 e. The van der Waals surface area contributed by atoms with Crippen LogP contribution in [-0.4, -0.2) is 48.7 Å². The van der Waals surface area contributed by atoms with Crippen LogP contribution in [0.15, 0.2) is 41.8 Å². The molecule has 0 N–H and O–H groups in total. The van der Waals surface area contributed by atoms with E-state index in [4.69, 9.17) is 4.74 Å². The number of halogens is 1. The van der Waals surface area contributed by atoms with Crippen LogP contribution in [0.25, 0.3) is 0 Å². The van der Waals surface area contributed by atoms with Gasteiger partial charge in [0.05, 0.1) is 18.0 Å². The number of hydrogen-bond donors (Lipinski definition) is 0. The molecule has 0 saturated heterocycles. The Kier molecular flexibility index (Phi) is 7.33. The van der Waals surface area contributed by atoms with Gasteiger partial charge in [0.1, 0.15) is 11.5 Å². The molecule has 0 atom stereocenters. The summed E-state index contributed by atoms with van der Waals surface area (Å²) in [5.74, 6) is -1.59. The number of carbonyl (C=O) groups is 2. The summed E-state index contributed by atoms with van der Waals surface area (Å²) in [6, 6.07) is 4.36. The van der Waals surface area contributed by atoms with Crippen LogP contribution in [0.5, 0.6) is 0 Å². The van der Waals surface area contributed by atoms with E-state index in [0.29, 0.717) is 11.3 Å². The lowest BCUT2D eigenvalue weighted by molar-refractivity contribution is 0.0514. The molecule has 0 bridgehead atoms. The normalized spacial score (nSPS) is 11.5. The van der Waals surface area contributed by atoms with Crippen LogP contribution in [-0.2, 0) is 21.8 Å². The summed E-state index contributed by atoms with van der Waals surface area (Å²) in [7, 11) is -2.42. The average molecular weight is 437 g/mol. The van der Waals surface area contributed by atoms with Crippen LogP contribution in [0.4, 0.5) is 4.39 Å². The first-order valence-electron chi connectivity index (χ1n) is 9.29. The molecule has 0 amide bonds. The van der Waals surface area contributed by atoms with E-state index in [2.05, 4.69) is 6.58 Å². The number of ketones is 1. The minimum absolute atomic E-state index is 0.110. The van der Waals surface area contributed by atoms with Gasteiger partial charge in [-0.15, -0.1) is 6.58 Å². The fraction of sp³-hybridized carbons (Fsp3) is 0.333. The Bertz CT molecular complexity index is 1070. The summed E-state index contributed by atoms with van der Waals surface area (Å²) >= 11 is 0. The third-order valence-electron chi connectivity index (χ3n) is 4.78. The standard InChI is InChI=1S/C21H25FN2O5S/c1-6-12-24(30(27,28)17-10-8-16(22)9-11-17)13-18(25)19-14(3)20(21(26)29-7-2)23(5)15(19)4/h6,8-11H,1,7,12-13H2,2-5H3. The van der Waals surface area contributed by atoms with Crippen LogP contribution in [0, 0.1) is 19.7 Å². The van der Waals surface area contributed by atoms with E-state index in [1.165, 1.54) is 6.08 Å². The molecule has 0 aliphatic heterocycles. The molecule has 0 aliphatic rings. The van der Waals surface area contributed by atoms with Crippen molar-refractivity contribution >= 4 is 21.8 Å². The highest BCUT2D eigenvalue weighted by molar-refractivity contribution is 7.89. The van der Waals surface area contributed by atoms with Crippen LogP contribution < -0.4 is 0 Å². The summed E-state index contributed by atoms with van der Waals surface area (Å²) in [5, 5.41) is 0. The van der Waals surface area contributed by atoms with Crippen molar-refractivity contribution in [3.8, 4) is 0 Å². The number of hydrogen-bond acceptors (Lipinski definition) is 5. The molecular weight excluding hydrogens is 411 g/mol. The number of Topliss-reactive ketones (excluding diaryl/α,β-unsaturated/α-hetero) is 1. The molecule has 1 heterocycles. The number of ether oxygens (including phenoxy) is 1. The van der Waals surface area contributed by atoms with Gasteiger partial charge in [0, 0.05) is 24.8 Å². The zero-order valence-corrected chi connectivity index (χ0v) is 18.3. The van der Waals surface area contributed by atoms with E-state index in [-0.39, 0.29) is 29.3 Å². The Morgan fingerprint density at radius 1 is 1.23 bits per heavy atom. The molecule has 2 rings (SSSR count). The lowest BCUT2D eigenvalue weighted by Crippen LogP contribution is -2.36. The lowest BCUT2D eigenvalue weighted by Gasteiger charge is -2.20. The molecule has 0 saturated carbocycles. The maximum atomic E-state index is 13.2. The van der Waals surface area contributed by atoms with E-state index < -0.39 is 34.1 Å². The van der Waals surface area contributed by atoms with Gasteiger partial charge < -0.3 is 9.30 Å². The second-order valence-corrected chi connectivity index (χ2v) is 8.61. The van der Waals surface area contributed by atoms with E-state index in [1.54, 1.807) is 32.4 Å². The van der Waals surface area contributed by atoms with Gasteiger partial charge in [-0.2, -0.15) is 4.31 Å². The van der Waals surface area contributed by atoms with Crippen molar-refractivity contribution in [1.82, 2.24) is 8.87 Å². The minimum Gasteiger partial charge on any atom is -0.461 e. The first-order chi connectivity index (χ1) is 14.1. The van der Waals surface area contributed by atoms with Crippen molar-refractivity contribution in [3.63, 3.8) is 0 Å². The van der Waals surface area contributed by atoms with Crippen molar-refractivity contribution in [3.05, 3.63) is 65.3 Å². The molecule has 1 aromatic carbocycles.